The molecule has 0 saturated carbocycles. The van der Waals surface area contributed by atoms with Crippen LogP contribution in [-0.4, -0.2) is 28.8 Å². The molecule has 6 nitrogen and oxygen atoms in total. The summed E-state index contributed by atoms with van der Waals surface area (Å²) >= 11 is 0. The molecular weight excluding hydrogens is 380 g/mol. The summed E-state index contributed by atoms with van der Waals surface area (Å²) in [5.41, 5.74) is 5.46. The first kappa shape index (κ1) is 19.6. The lowest BCUT2D eigenvalue weighted by Crippen LogP contribution is -2.18. The Labute approximate surface area is 174 Å². The molecule has 2 aromatic carbocycles. The number of pyridine rings is 1. The normalized spacial score (nSPS) is 13.2. The Balaban J connectivity index is 1.39. The van der Waals surface area contributed by atoms with Gasteiger partial charge in [-0.2, -0.15) is 0 Å². The fourth-order valence-corrected chi connectivity index (χ4v) is 3.89. The Morgan fingerprint density at radius 1 is 1.03 bits per heavy atom. The maximum atomic E-state index is 12.3. The summed E-state index contributed by atoms with van der Waals surface area (Å²) in [7, 11) is 0. The summed E-state index contributed by atoms with van der Waals surface area (Å²) in [6.45, 7) is 2.05. The summed E-state index contributed by atoms with van der Waals surface area (Å²) in [5, 5.41) is 11.5. The minimum Gasteiger partial charge on any atom is -0.481 e. The fraction of sp³-hybridized carbons (Fsp3) is 0.208. The van der Waals surface area contributed by atoms with Crippen molar-refractivity contribution in [3.63, 3.8) is 0 Å². The highest BCUT2D eigenvalue weighted by Crippen LogP contribution is 2.44. The lowest BCUT2D eigenvalue weighted by atomic mass is 9.98. The van der Waals surface area contributed by atoms with Crippen molar-refractivity contribution in [2.75, 3.05) is 11.9 Å². The van der Waals surface area contributed by atoms with E-state index in [-0.39, 0.29) is 24.9 Å². The number of carbonyl (C=O) groups is 2. The van der Waals surface area contributed by atoms with E-state index in [1.807, 2.05) is 31.2 Å². The van der Waals surface area contributed by atoms with Crippen molar-refractivity contribution >= 4 is 17.9 Å². The van der Waals surface area contributed by atoms with Gasteiger partial charge in [-0.25, -0.2) is 9.78 Å². The number of aromatic nitrogens is 1. The molecule has 30 heavy (non-hydrogen) atoms. The number of carbonyl (C=O) groups excluding carboxylic acids is 1. The van der Waals surface area contributed by atoms with Crippen LogP contribution in [-0.2, 0) is 9.53 Å². The molecule has 1 aromatic heterocycles. The summed E-state index contributed by atoms with van der Waals surface area (Å²) in [4.78, 5) is 27.3. The number of amides is 1. The third-order valence-electron chi connectivity index (χ3n) is 5.41. The van der Waals surface area contributed by atoms with Crippen molar-refractivity contribution in [1.82, 2.24) is 4.98 Å². The smallest absolute Gasteiger partial charge is 0.412 e. The Kier molecular flexibility index (Phi) is 5.48. The van der Waals surface area contributed by atoms with E-state index in [2.05, 4.69) is 34.6 Å². The third-order valence-corrected chi connectivity index (χ3v) is 5.41. The van der Waals surface area contributed by atoms with Crippen LogP contribution in [0, 0.1) is 0 Å². The number of anilines is 1. The van der Waals surface area contributed by atoms with Gasteiger partial charge < -0.3 is 9.84 Å². The second-order valence-corrected chi connectivity index (χ2v) is 7.43. The molecule has 0 aliphatic heterocycles. The molecule has 0 fully saturated rings. The molecule has 1 amide bonds. The van der Waals surface area contributed by atoms with E-state index in [0.717, 1.165) is 16.7 Å². The number of hydrogen-bond acceptors (Lipinski definition) is 4. The maximum Gasteiger partial charge on any atom is 0.412 e. The minimum absolute atomic E-state index is 0.00430. The second kappa shape index (κ2) is 8.37. The summed E-state index contributed by atoms with van der Waals surface area (Å²) in [6, 6.07) is 19.7. The van der Waals surface area contributed by atoms with Crippen molar-refractivity contribution in [3.8, 4) is 11.1 Å². The average molecular weight is 402 g/mol. The van der Waals surface area contributed by atoms with Crippen LogP contribution >= 0.6 is 0 Å². The Morgan fingerprint density at radius 3 is 2.23 bits per heavy atom. The zero-order valence-electron chi connectivity index (χ0n) is 16.5. The topological polar surface area (TPSA) is 88.5 Å². The molecule has 1 aliphatic rings. The average Bonchev–Trinajstić information content (AvgIpc) is 3.06. The Bertz CT molecular complexity index is 1030. The summed E-state index contributed by atoms with van der Waals surface area (Å²) in [6.07, 6.45) is 1.03. The van der Waals surface area contributed by atoms with Crippen LogP contribution in [0.4, 0.5) is 10.6 Å². The number of hydrogen-bond donors (Lipinski definition) is 2. The molecule has 2 N–H and O–H groups in total. The van der Waals surface area contributed by atoms with Crippen LogP contribution in [0.2, 0.25) is 0 Å². The van der Waals surface area contributed by atoms with Gasteiger partial charge in [0.2, 0.25) is 0 Å². The highest BCUT2D eigenvalue weighted by Gasteiger charge is 2.29. The maximum absolute atomic E-state index is 12.3. The monoisotopic (exact) mass is 402 g/mol. The molecule has 0 saturated heterocycles. The first-order chi connectivity index (χ1) is 14.5. The van der Waals surface area contributed by atoms with E-state index in [0.29, 0.717) is 5.82 Å². The van der Waals surface area contributed by atoms with E-state index in [1.165, 1.54) is 11.1 Å². The lowest BCUT2D eigenvalue weighted by Gasteiger charge is -2.14. The number of fused-ring (bicyclic) bond motifs is 3. The highest BCUT2D eigenvalue weighted by atomic mass is 16.5. The molecule has 0 bridgehead atoms. The Hall–Kier alpha value is -3.67. The number of ether oxygens (including phenoxy) is 1. The zero-order chi connectivity index (χ0) is 21.1. The van der Waals surface area contributed by atoms with Crippen molar-refractivity contribution in [2.45, 2.75) is 25.2 Å². The van der Waals surface area contributed by atoms with Crippen molar-refractivity contribution in [2.24, 2.45) is 0 Å². The summed E-state index contributed by atoms with van der Waals surface area (Å²) < 4.78 is 5.51. The van der Waals surface area contributed by atoms with Crippen molar-refractivity contribution < 1.29 is 19.4 Å². The number of carboxylic acid groups (broad SMARTS) is 1. The molecule has 1 atom stereocenters. The standard InChI is InChI=1S/C24H22N2O4/c1-15(12-23(27)28)16-10-11-22(25-13-16)26-24(29)30-14-21-19-8-4-2-6-17(19)18-7-3-5-9-20(18)21/h2-11,13,15,21H,12,14H2,1H3,(H,27,28)(H,25,26,29). The number of rotatable bonds is 6. The van der Waals surface area contributed by atoms with E-state index in [4.69, 9.17) is 9.84 Å². The zero-order valence-corrected chi connectivity index (χ0v) is 16.5. The molecule has 4 rings (SSSR count). The number of nitrogens with one attached hydrogen (secondary N) is 1. The molecule has 0 radical (unpaired) electrons. The largest absolute Gasteiger partial charge is 0.481 e. The van der Waals surface area contributed by atoms with Crippen LogP contribution in [0.1, 0.15) is 41.9 Å². The molecule has 3 aromatic rings. The first-order valence-electron chi connectivity index (χ1n) is 9.82. The van der Waals surface area contributed by atoms with Crippen LogP contribution in [0.25, 0.3) is 11.1 Å². The van der Waals surface area contributed by atoms with Gasteiger partial charge in [-0.05, 0) is 39.8 Å². The predicted molar refractivity (Wildman–Crippen MR) is 114 cm³/mol. The van der Waals surface area contributed by atoms with E-state index >= 15 is 0 Å². The van der Waals surface area contributed by atoms with Gasteiger partial charge in [0.1, 0.15) is 12.4 Å². The minimum atomic E-state index is -0.858. The fourth-order valence-electron chi connectivity index (χ4n) is 3.89. The van der Waals surface area contributed by atoms with Gasteiger partial charge in [0, 0.05) is 12.1 Å². The molecule has 1 heterocycles. The van der Waals surface area contributed by atoms with Gasteiger partial charge in [-0.15, -0.1) is 0 Å². The molecule has 152 valence electrons. The predicted octanol–water partition coefficient (Wildman–Crippen LogP) is 5.02. The van der Waals surface area contributed by atoms with E-state index in [9.17, 15) is 9.59 Å². The quantitative estimate of drug-likeness (QED) is 0.604. The molecular formula is C24H22N2O4. The van der Waals surface area contributed by atoms with Crippen LogP contribution in [0.15, 0.2) is 66.9 Å². The van der Waals surface area contributed by atoms with E-state index in [1.54, 1.807) is 18.3 Å². The summed E-state index contributed by atoms with van der Waals surface area (Å²) in [5.74, 6) is -0.657. The second-order valence-electron chi connectivity index (χ2n) is 7.43. The lowest BCUT2D eigenvalue weighted by molar-refractivity contribution is -0.137. The van der Waals surface area contributed by atoms with Gasteiger partial charge in [-0.1, -0.05) is 61.5 Å². The van der Waals surface area contributed by atoms with E-state index < -0.39 is 12.1 Å². The molecule has 1 aliphatic carbocycles. The first-order valence-corrected chi connectivity index (χ1v) is 9.82. The molecule has 1 unspecified atom stereocenters. The van der Waals surface area contributed by atoms with Gasteiger partial charge in [0.15, 0.2) is 0 Å². The van der Waals surface area contributed by atoms with Crippen LogP contribution in [0.3, 0.4) is 0 Å². The van der Waals surface area contributed by atoms with Gasteiger partial charge in [-0.3, -0.25) is 10.1 Å². The number of nitrogens with zero attached hydrogens (tertiary/aromatic N) is 1. The van der Waals surface area contributed by atoms with Crippen molar-refractivity contribution in [3.05, 3.63) is 83.6 Å². The third kappa shape index (κ3) is 4.03. The molecule has 6 heteroatoms. The highest BCUT2D eigenvalue weighted by molar-refractivity contribution is 5.84. The van der Waals surface area contributed by atoms with Crippen LogP contribution in [0.5, 0.6) is 0 Å². The van der Waals surface area contributed by atoms with Gasteiger partial charge >= 0.3 is 12.1 Å². The number of carboxylic acids is 1. The van der Waals surface area contributed by atoms with Crippen molar-refractivity contribution in [1.29, 1.82) is 0 Å². The Morgan fingerprint density at radius 2 is 1.67 bits per heavy atom. The van der Waals surface area contributed by atoms with Gasteiger partial charge in [0.25, 0.3) is 0 Å². The number of benzene rings is 2. The van der Waals surface area contributed by atoms with Gasteiger partial charge in [0.05, 0.1) is 6.42 Å². The number of aliphatic carboxylic acids is 1. The molecule has 0 spiro atoms. The van der Waals surface area contributed by atoms with Crippen LogP contribution < -0.4 is 5.32 Å². The SMILES string of the molecule is CC(CC(=O)O)c1ccc(NC(=O)OCC2c3ccccc3-c3ccccc32)nc1.